The van der Waals surface area contributed by atoms with Gasteiger partial charge in [-0.25, -0.2) is 0 Å². The number of benzene rings is 4. The fourth-order valence-corrected chi connectivity index (χ4v) is 6.53. The first-order valence-corrected chi connectivity index (χ1v) is 12.6. The van der Waals surface area contributed by atoms with Crippen molar-refractivity contribution in [2.75, 3.05) is 0 Å². The van der Waals surface area contributed by atoms with Crippen LogP contribution >= 0.6 is 0 Å². The third kappa shape index (κ3) is 2.75. The average Bonchev–Trinajstić information content (AvgIpc) is 2.78. The Bertz CT molecular complexity index is 1420. The van der Waals surface area contributed by atoms with Crippen molar-refractivity contribution in [3.63, 3.8) is 0 Å². The van der Waals surface area contributed by atoms with E-state index in [0.29, 0.717) is 25.0 Å². The van der Waals surface area contributed by atoms with Crippen LogP contribution in [0.15, 0.2) is 24.3 Å². The molecule has 0 unspecified atom stereocenters. The molecule has 34 heavy (non-hydrogen) atoms. The Labute approximate surface area is 202 Å². The predicted octanol–water partition coefficient (Wildman–Crippen LogP) is 8.93. The van der Waals surface area contributed by atoms with Crippen LogP contribution in [0, 0.1) is 27.7 Å². The van der Waals surface area contributed by atoms with Crippen molar-refractivity contribution < 1.29 is 9.47 Å². The molecule has 4 aromatic carbocycles. The lowest BCUT2D eigenvalue weighted by Gasteiger charge is -2.33. The summed E-state index contributed by atoms with van der Waals surface area (Å²) in [7, 11) is 0. The van der Waals surface area contributed by atoms with Gasteiger partial charge in [-0.3, -0.25) is 0 Å². The van der Waals surface area contributed by atoms with Crippen molar-refractivity contribution in [2.45, 2.75) is 80.4 Å². The fourth-order valence-electron chi connectivity index (χ4n) is 6.53. The van der Waals surface area contributed by atoms with E-state index in [-0.39, 0.29) is 0 Å². The second-order valence-electron chi connectivity index (χ2n) is 11.0. The van der Waals surface area contributed by atoms with Crippen LogP contribution in [0.5, 0.6) is 11.5 Å². The zero-order valence-corrected chi connectivity index (χ0v) is 21.7. The molecule has 6 rings (SSSR count). The van der Waals surface area contributed by atoms with Crippen LogP contribution in [0.1, 0.15) is 84.0 Å². The number of aryl methyl sites for hydroxylation is 2. The van der Waals surface area contributed by atoms with E-state index < -0.39 is 0 Å². The van der Waals surface area contributed by atoms with Crippen LogP contribution in [0.4, 0.5) is 0 Å². The van der Waals surface area contributed by atoms with Gasteiger partial charge in [-0.15, -0.1) is 0 Å². The van der Waals surface area contributed by atoms with Gasteiger partial charge >= 0.3 is 0 Å². The maximum Gasteiger partial charge on any atom is 0.136 e. The van der Waals surface area contributed by atoms with Crippen LogP contribution < -0.4 is 9.47 Å². The molecule has 0 amide bonds. The predicted molar refractivity (Wildman–Crippen MR) is 143 cm³/mol. The van der Waals surface area contributed by atoms with Gasteiger partial charge in [-0.2, -0.15) is 0 Å². The highest BCUT2D eigenvalue weighted by Crippen LogP contribution is 2.55. The first-order valence-electron chi connectivity index (χ1n) is 12.6. The van der Waals surface area contributed by atoms with E-state index in [1.54, 1.807) is 0 Å². The minimum absolute atomic E-state index is 0.452. The number of hydrogen-bond acceptors (Lipinski definition) is 2. The summed E-state index contributed by atoms with van der Waals surface area (Å²) in [5.41, 5.74) is 13.3. The third-order valence-corrected chi connectivity index (χ3v) is 8.24. The Morgan fingerprint density at radius 1 is 0.559 bits per heavy atom. The molecule has 0 saturated carbocycles. The summed E-state index contributed by atoms with van der Waals surface area (Å²) in [6.45, 7) is 19.3. The molecule has 0 saturated heterocycles. The molecular formula is C32H34O2. The van der Waals surface area contributed by atoms with Crippen LogP contribution in [0.3, 0.4) is 0 Å². The van der Waals surface area contributed by atoms with Gasteiger partial charge < -0.3 is 9.47 Å². The van der Waals surface area contributed by atoms with Crippen molar-refractivity contribution in [3.8, 4) is 22.6 Å². The van der Waals surface area contributed by atoms with Crippen molar-refractivity contribution in [2.24, 2.45) is 0 Å². The average molecular weight is 451 g/mol. The molecule has 0 fully saturated rings. The fraction of sp³-hybridized carbons (Fsp3) is 0.375. The number of fused-ring (bicyclic) bond motifs is 4. The monoisotopic (exact) mass is 450 g/mol. The van der Waals surface area contributed by atoms with Gasteiger partial charge in [-0.1, -0.05) is 27.7 Å². The first-order chi connectivity index (χ1) is 16.2. The molecule has 2 heteroatoms. The molecule has 2 aliphatic rings. The topological polar surface area (TPSA) is 18.5 Å². The van der Waals surface area contributed by atoms with Gasteiger partial charge in [0.1, 0.15) is 24.7 Å². The van der Waals surface area contributed by atoms with E-state index in [9.17, 15) is 0 Å². The normalized spacial score (nSPS) is 14.1. The van der Waals surface area contributed by atoms with Crippen LogP contribution in [-0.2, 0) is 13.2 Å². The quantitative estimate of drug-likeness (QED) is 0.303. The lowest BCUT2D eigenvalue weighted by Crippen LogP contribution is -2.16. The Hall–Kier alpha value is -3.00. The second-order valence-corrected chi connectivity index (χ2v) is 11.0. The molecule has 0 aromatic heterocycles. The van der Waals surface area contributed by atoms with Gasteiger partial charge in [-0.05, 0) is 108 Å². The van der Waals surface area contributed by atoms with Gasteiger partial charge in [0.2, 0.25) is 0 Å². The molecule has 0 radical (unpaired) electrons. The highest BCUT2D eigenvalue weighted by Gasteiger charge is 2.33. The molecule has 2 nitrogen and oxygen atoms in total. The standard InChI is InChI=1S/C32H34O2/c1-15(2)27-19(7)17(5)9-25-23(27)11-21-13-34-32-26-10-18(6)20(8)28(16(3)4)24(26)12-22-14-33-31(25)29(21)30(22)32/h9-12,15-16H,13-14H2,1-8H3. The van der Waals surface area contributed by atoms with E-state index >= 15 is 0 Å². The molecule has 0 bridgehead atoms. The van der Waals surface area contributed by atoms with Gasteiger partial charge in [0, 0.05) is 33.0 Å². The van der Waals surface area contributed by atoms with E-state index in [1.807, 2.05) is 0 Å². The summed E-state index contributed by atoms with van der Waals surface area (Å²) in [4.78, 5) is 0. The summed E-state index contributed by atoms with van der Waals surface area (Å²) < 4.78 is 13.2. The SMILES string of the molecule is Cc1cc2c3c4c(cc2c(C(C)C)c1C)COc1c-4c(cc2c(C(C)C)c(C)c(C)cc12)CO3. The summed E-state index contributed by atoms with van der Waals surface area (Å²) in [5, 5.41) is 5.12. The molecule has 174 valence electrons. The third-order valence-electron chi connectivity index (χ3n) is 8.24. The molecule has 0 N–H and O–H groups in total. The molecule has 0 spiro atoms. The van der Waals surface area contributed by atoms with Gasteiger partial charge in [0.05, 0.1) is 0 Å². The summed E-state index contributed by atoms with van der Waals surface area (Å²) in [6.07, 6.45) is 0. The number of rotatable bonds is 2. The van der Waals surface area contributed by atoms with Gasteiger partial charge in [0.25, 0.3) is 0 Å². The molecular weight excluding hydrogens is 416 g/mol. The maximum atomic E-state index is 6.61. The maximum absolute atomic E-state index is 6.61. The van der Waals surface area contributed by atoms with Gasteiger partial charge in [0.15, 0.2) is 0 Å². The number of ether oxygens (including phenoxy) is 2. The van der Waals surface area contributed by atoms with E-state index in [0.717, 1.165) is 11.5 Å². The molecule has 4 aromatic rings. The van der Waals surface area contributed by atoms with Crippen molar-refractivity contribution >= 4 is 21.5 Å². The molecule has 0 atom stereocenters. The minimum atomic E-state index is 0.452. The van der Waals surface area contributed by atoms with Crippen molar-refractivity contribution in [1.82, 2.24) is 0 Å². The van der Waals surface area contributed by atoms with Crippen LogP contribution in [0.25, 0.3) is 32.7 Å². The molecule has 0 aliphatic carbocycles. The van der Waals surface area contributed by atoms with Crippen LogP contribution in [-0.4, -0.2) is 0 Å². The smallest absolute Gasteiger partial charge is 0.136 e. The zero-order valence-electron chi connectivity index (χ0n) is 21.7. The summed E-state index contributed by atoms with van der Waals surface area (Å²) in [5.74, 6) is 2.99. The lowest BCUT2D eigenvalue weighted by molar-refractivity contribution is 0.282. The Balaban J connectivity index is 1.74. The number of hydrogen-bond donors (Lipinski definition) is 0. The van der Waals surface area contributed by atoms with Crippen molar-refractivity contribution in [3.05, 3.63) is 68.8 Å². The van der Waals surface area contributed by atoms with E-state index in [2.05, 4.69) is 79.7 Å². The Kier molecular flexibility index (Phi) is 4.59. The Morgan fingerprint density at radius 3 is 1.29 bits per heavy atom. The molecule has 2 heterocycles. The minimum Gasteiger partial charge on any atom is -0.488 e. The second kappa shape index (κ2) is 7.25. The lowest BCUT2D eigenvalue weighted by atomic mass is 9.81. The van der Waals surface area contributed by atoms with E-state index in [4.69, 9.17) is 9.47 Å². The van der Waals surface area contributed by atoms with E-state index in [1.165, 1.54) is 77.2 Å². The highest BCUT2D eigenvalue weighted by molar-refractivity contribution is 6.06. The summed E-state index contributed by atoms with van der Waals surface area (Å²) in [6, 6.07) is 9.42. The largest absolute Gasteiger partial charge is 0.488 e. The highest BCUT2D eigenvalue weighted by atomic mass is 16.5. The van der Waals surface area contributed by atoms with Crippen molar-refractivity contribution in [1.29, 1.82) is 0 Å². The van der Waals surface area contributed by atoms with Crippen LogP contribution in [0.2, 0.25) is 0 Å². The zero-order chi connectivity index (χ0) is 24.0. The first kappa shape index (κ1) is 21.5. The Morgan fingerprint density at radius 2 is 0.941 bits per heavy atom. The molecule has 2 aliphatic heterocycles. The summed E-state index contributed by atoms with van der Waals surface area (Å²) >= 11 is 0.